The largest absolute Gasteiger partial charge is 0.320 e. The maximum atomic E-state index is 11.5. The molecule has 0 radical (unpaired) electrons. The number of halogens is 2. The minimum absolute atomic E-state index is 0.181. The molecule has 11 heavy (non-hydrogen) atoms. The Bertz CT molecular complexity index is 78.8. The molecule has 2 N–H and O–H groups in total. The highest BCUT2D eigenvalue weighted by Gasteiger charge is 1.98. The van der Waals surface area contributed by atoms with Crippen molar-refractivity contribution >= 4 is 0 Å². The summed E-state index contributed by atoms with van der Waals surface area (Å²) in [4.78, 5) is 0. The van der Waals surface area contributed by atoms with Crippen LogP contribution in [0, 0.1) is 0 Å². The second-order valence-electron chi connectivity index (χ2n) is 2.41. The number of alkyl halides is 2. The number of nitrogens with one attached hydrogen (secondary N) is 2. The normalized spacial score (nSPS) is 10.9. The van der Waals surface area contributed by atoms with Gasteiger partial charge in [0.25, 0.3) is 6.43 Å². The van der Waals surface area contributed by atoms with E-state index in [0.717, 1.165) is 19.4 Å². The van der Waals surface area contributed by atoms with Gasteiger partial charge in [0.15, 0.2) is 0 Å². The lowest BCUT2D eigenvalue weighted by atomic mass is 10.3. The Morgan fingerprint density at radius 2 is 1.82 bits per heavy atom. The van der Waals surface area contributed by atoms with Crippen molar-refractivity contribution in [3.63, 3.8) is 0 Å². The summed E-state index contributed by atoms with van der Waals surface area (Å²) >= 11 is 0. The smallest absolute Gasteiger partial charge is 0.250 e. The summed E-state index contributed by atoms with van der Waals surface area (Å²) in [5, 5.41) is 5.66. The summed E-state index contributed by atoms with van der Waals surface area (Å²) in [6, 6.07) is 0. The van der Waals surface area contributed by atoms with Crippen LogP contribution in [0.4, 0.5) is 8.78 Å². The van der Waals surface area contributed by atoms with Crippen molar-refractivity contribution < 1.29 is 8.78 Å². The van der Waals surface area contributed by atoms with Gasteiger partial charge in [-0.15, -0.1) is 0 Å². The van der Waals surface area contributed by atoms with Crippen LogP contribution in [0.25, 0.3) is 0 Å². The quantitative estimate of drug-likeness (QED) is 0.548. The monoisotopic (exact) mass is 166 g/mol. The molecule has 0 atom stereocenters. The molecule has 0 saturated carbocycles. The summed E-state index contributed by atoms with van der Waals surface area (Å²) in [7, 11) is 1.88. The SMILES string of the molecule is CNCCCCNCC(F)F. The summed E-state index contributed by atoms with van der Waals surface area (Å²) in [6.45, 7) is 1.46. The minimum Gasteiger partial charge on any atom is -0.320 e. The van der Waals surface area contributed by atoms with Crippen molar-refractivity contribution in [1.29, 1.82) is 0 Å². The van der Waals surface area contributed by atoms with Crippen molar-refractivity contribution in [2.75, 3.05) is 26.7 Å². The van der Waals surface area contributed by atoms with Crippen LogP contribution in [0.3, 0.4) is 0 Å². The number of hydrogen-bond acceptors (Lipinski definition) is 2. The second kappa shape index (κ2) is 7.88. The fourth-order valence-corrected chi connectivity index (χ4v) is 0.763. The summed E-state index contributed by atoms with van der Waals surface area (Å²) in [6.07, 6.45) is -0.236. The van der Waals surface area contributed by atoms with Gasteiger partial charge < -0.3 is 10.6 Å². The maximum absolute atomic E-state index is 11.5. The molecule has 0 bridgehead atoms. The molecule has 0 aliphatic heterocycles. The molecule has 0 aliphatic carbocycles. The molecule has 0 amide bonds. The molecule has 0 spiro atoms. The van der Waals surface area contributed by atoms with Crippen LogP contribution in [0.2, 0.25) is 0 Å². The van der Waals surface area contributed by atoms with E-state index in [4.69, 9.17) is 0 Å². The van der Waals surface area contributed by atoms with E-state index in [-0.39, 0.29) is 6.54 Å². The third kappa shape index (κ3) is 9.78. The highest BCUT2D eigenvalue weighted by atomic mass is 19.3. The molecule has 0 fully saturated rings. The zero-order valence-corrected chi connectivity index (χ0v) is 6.87. The van der Waals surface area contributed by atoms with Gasteiger partial charge in [-0.3, -0.25) is 0 Å². The van der Waals surface area contributed by atoms with E-state index in [0.29, 0.717) is 6.54 Å². The topological polar surface area (TPSA) is 24.1 Å². The summed E-state index contributed by atoms with van der Waals surface area (Å²) < 4.78 is 23.1. The molecule has 0 aromatic carbocycles. The Labute approximate surface area is 66.4 Å². The molecular formula is C7H16F2N2. The number of rotatable bonds is 7. The fraction of sp³-hybridized carbons (Fsp3) is 1.00. The van der Waals surface area contributed by atoms with E-state index < -0.39 is 6.43 Å². The van der Waals surface area contributed by atoms with Gasteiger partial charge in [-0.25, -0.2) is 8.78 Å². The lowest BCUT2D eigenvalue weighted by Crippen LogP contribution is -2.22. The van der Waals surface area contributed by atoms with E-state index >= 15 is 0 Å². The zero-order chi connectivity index (χ0) is 8.53. The molecule has 0 unspecified atom stereocenters. The lowest BCUT2D eigenvalue weighted by Gasteiger charge is -2.02. The summed E-state index contributed by atoms with van der Waals surface area (Å²) in [5.41, 5.74) is 0. The Balaban J connectivity index is 2.80. The molecule has 0 aliphatic rings. The lowest BCUT2D eigenvalue weighted by molar-refractivity contribution is 0.146. The van der Waals surface area contributed by atoms with Crippen LogP contribution in [-0.4, -0.2) is 33.1 Å². The molecule has 0 rings (SSSR count). The average molecular weight is 166 g/mol. The van der Waals surface area contributed by atoms with E-state index in [1.54, 1.807) is 0 Å². The predicted molar refractivity (Wildman–Crippen MR) is 42.0 cm³/mol. The van der Waals surface area contributed by atoms with Crippen LogP contribution in [0.15, 0.2) is 0 Å². The first kappa shape index (κ1) is 10.8. The number of hydrogen-bond donors (Lipinski definition) is 2. The van der Waals surface area contributed by atoms with E-state index in [1.165, 1.54) is 0 Å². The highest BCUT2D eigenvalue weighted by molar-refractivity contribution is 4.50. The third-order valence-electron chi connectivity index (χ3n) is 1.33. The van der Waals surface area contributed by atoms with Crippen molar-refractivity contribution in [2.45, 2.75) is 19.3 Å². The van der Waals surface area contributed by atoms with E-state index in [1.807, 2.05) is 7.05 Å². The minimum atomic E-state index is -2.22. The average Bonchev–Trinajstić information content (AvgIpc) is 1.96. The van der Waals surface area contributed by atoms with E-state index in [9.17, 15) is 8.78 Å². The van der Waals surface area contributed by atoms with Gasteiger partial charge in [-0.2, -0.15) is 0 Å². The fourth-order valence-electron chi connectivity index (χ4n) is 0.763. The molecular weight excluding hydrogens is 150 g/mol. The first-order valence-corrected chi connectivity index (χ1v) is 3.91. The van der Waals surface area contributed by atoms with Gasteiger partial charge in [0, 0.05) is 0 Å². The van der Waals surface area contributed by atoms with E-state index in [2.05, 4.69) is 10.6 Å². The molecule has 4 heteroatoms. The van der Waals surface area contributed by atoms with Crippen LogP contribution >= 0.6 is 0 Å². The van der Waals surface area contributed by atoms with Crippen molar-refractivity contribution in [3.8, 4) is 0 Å². The van der Waals surface area contributed by atoms with Crippen molar-refractivity contribution in [3.05, 3.63) is 0 Å². The molecule has 0 aromatic rings. The van der Waals surface area contributed by atoms with Crippen LogP contribution in [-0.2, 0) is 0 Å². The van der Waals surface area contributed by atoms with Crippen LogP contribution in [0.5, 0.6) is 0 Å². The molecule has 0 saturated heterocycles. The van der Waals surface area contributed by atoms with Gasteiger partial charge >= 0.3 is 0 Å². The molecule has 0 heterocycles. The molecule has 0 aromatic heterocycles. The Morgan fingerprint density at radius 1 is 1.18 bits per heavy atom. The molecule has 2 nitrogen and oxygen atoms in total. The highest BCUT2D eigenvalue weighted by Crippen LogP contribution is 1.89. The Hall–Kier alpha value is -0.220. The molecule has 68 valence electrons. The van der Waals surface area contributed by atoms with Crippen LogP contribution < -0.4 is 10.6 Å². The van der Waals surface area contributed by atoms with Gasteiger partial charge in [-0.1, -0.05) is 0 Å². The Kier molecular flexibility index (Phi) is 7.72. The van der Waals surface area contributed by atoms with Crippen molar-refractivity contribution in [2.24, 2.45) is 0 Å². The van der Waals surface area contributed by atoms with Gasteiger partial charge in [0.2, 0.25) is 0 Å². The zero-order valence-electron chi connectivity index (χ0n) is 6.87. The third-order valence-corrected chi connectivity index (χ3v) is 1.33. The summed E-state index contributed by atoms with van der Waals surface area (Å²) in [5.74, 6) is 0. The van der Waals surface area contributed by atoms with Crippen LogP contribution in [0.1, 0.15) is 12.8 Å². The first-order chi connectivity index (χ1) is 5.27. The van der Waals surface area contributed by atoms with Gasteiger partial charge in [0.05, 0.1) is 6.54 Å². The van der Waals surface area contributed by atoms with Gasteiger partial charge in [0.1, 0.15) is 0 Å². The van der Waals surface area contributed by atoms with Gasteiger partial charge in [-0.05, 0) is 33.0 Å². The van der Waals surface area contributed by atoms with Crippen molar-refractivity contribution in [1.82, 2.24) is 10.6 Å². The maximum Gasteiger partial charge on any atom is 0.250 e. The first-order valence-electron chi connectivity index (χ1n) is 3.91. The number of unbranched alkanes of at least 4 members (excludes halogenated alkanes) is 1. The predicted octanol–water partition coefficient (Wildman–Crippen LogP) is 0.841. The Morgan fingerprint density at radius 3 is 2.36 bits per heavy atom. The second-order valence-corrected chi connectivity index (χ2v) is 2.41. The standard InChI is InChI=1S/C7H16F2N2/c1-10-4-2-3-5-11-6-7(8)9/h7,10-11H,2-6H2,1H3.